The summed E-state index contributed by atoms with van der Waals surface area (Å²) in [6.45, 7) is 4.07. The average molecular weight is 282 g/mol. The highest BCUT2D eigenvalue weighted by atomic mass is 16.5. The van der Waals surface area contributed by atoms with Crippen molar-refractivity contribution in [2.45, 2.75) is 13.8 Å². The van der Waals surface area contributed by atoms with Crippen LogP contribution in [0.3, 0.4) is 0 Å². The summed E-state index contributed by atoms with van der Waals surface area (Å²) >= 11 is 0. The summed E-state index contributed by atoms with van der Waals surface area (Å²) in [7, 11) is 0. The fraction of sp³-hybridized carbons (Fsp3) is 0.133. The predicted molar refractivity (Wildman–Crippen MR) is 79.7 cm³/mol. The lowest BCUT2D eigenvalue weighted by atomic mass is 9.99. The number of benzene rings is 1. The van der Waals surface area contributed by atoms with Crippen LogP contribution in [0.25, 0.3) is 22.6 Å². The Morgan fingerprint density at radius 2 is 1.95 bits per heavy atom. The van der Waals surface area contributed by atoms with Crippen LogP contribution in [0.2, 0.25) is 0 Å². The Morgan fingerprint density at radius 3 is 2.62 bits per heavy atom. The highest BCUT2D eigenvalue weighted by Crippen LogP contribution is 2.35. The number of hydrogen-bond acceptors (Lipinski definition) is 5. The van der Waals surface area contributed by atoms with E-state index in [9.17, 15) is 4.79 Å². The van der Waals surface area contributed by atoms with Gasteiger partial charge in [-0.25, -0.2) is 5.10 Å². The van der Waals surface area contributed by atoms with Crippen LogP contribution in [-0.2, 0) is 0 Å². The second kappa shape index (κ2) is 4.90. The lowest BCUT2D eigenvalue weighted by molar-refractivity contribution is 0.434. The van der Waals surface area contributed by atoms with Gasteiger partial charge in [0, 0.05) is 6.07 Å². The number of aryl methyl sites for hydroxylation is 2. The number of anilines is 1. The Kier molecular flexibility index (Phi) is 3.06. The van der Waals surface area contributed by atoms with Crippen molar-refractivity contribution in [3.63, 3.8) is 0 Å². The Bertz CT molecular complexity index is 844. The molecule has 2 heterocycles. The minimum atomic E-state index is -0.279. The van der Waals surface area contributed by atoms with Crippen LogP contribution in [0, 0.1) is 13.8 Å². The number of rotatable bonds is 2. The summed E-state index contributed by atoms with van der Waals surface area (Å²) in [5.74, 6) is 0.730. The minimum absolute atomic E-state index is 0.279. The van der Waals surface area contributed by atoms with Gasteiger partial charge in [0.15, 0.2) is 11.6 Å². The second-order valence-electron chi connectivity index (χ2n) is 4.88. The third-order valence-electron chi connectivity index (χ3n) is 3.43. The Balaban J connectivity index is 2.19. The quantitative estimate of drug-likeness (QED) is 0.751. The van der Waals surface area contributed by atoms with Crippen LogP contribution in [0.4, 0.5) is 5.82 Å². The smallest absolute Gasteiger partial charge is 0.264 e. The van der Waals surface area contributed by atoms with E-state index in [0.29, 0.717) is 22.8 Å². The van der Waals surface area contributed by atoms with E-state index < -0.39 is 0 Å². The molecule has 6 nitrogen and oxygen atoms in total. The van der Waals surface area contributed by atoms with Crippen molar-refractivity contribution in [3.8, 4) is 22.6 Å². The van der Waals surface area contributed by atoms with E-state index in [1.54, 1.807) is 6.07 Å². The van der Waals surface area contributed by atoms with Gasteiger partial charge in [0.25, 0.3) is 5.56 Å². The summed E-state index contributed by atoms with van der Waals surface area (Å²) in [5.41, 5.74) is 10.0. The van der Waals surface area contributed by atoms with Gasteiger partial charge in [-0.3, -0.25) is 4.79 Å². The monoisotopic (exact) mass is 282 g/mol. The third-order valence-corrected chi connectivity index (χ3v) is 3.43. The van der Waals surface area contributed by atoms with Gasteiger partial charge in [-0.15, -0.1) is 0 Å². The number of aromatic nitrogens is 3. The molecule has 21 heavy (non-hydrogen) atoms. The first-order chi connectivity index (χ1) is 10.1. The molecule has 3 N–H and O–H groups in total. The Hall–Kier alpha value is -2.89. The lowest BCUT2D eigenvalue weighted by Crippen LogP contribution is -2.05. The van der Waals surface area contributed by atoms with E-state index in [1.807, 2.05) is 32.0 Å². The molecule has 106 valence electrons. The Morgan fingerprint density at radius 1 is 1.14 bits per heavy atom. The fourth-order valence-corrected chi connectivity index (χ4v) is 2.12. The lowest BCUT2D eigenvalue weighted by Gasteiger charge is -2.05. The molecule has 0 saturated carbocycles. The highest BCUT2D eigenvalue weighted by molar-refractivity contribution is 5.85. The second-order valence-corrected chi connectivity index (χ2v) is 4.88. The van der Waals surface area contributed by atoms with Gasteiger partial charge in [0.2, 0.25) is 0 Å². The molecule has 0 atom stereocenters. The standard InChI is InChI=1S/C15H14N4O2/c1-8-3-4-10(7-9(8)2)13-14(21-19-15(13)16)11-5-6-12(20)18-17-11/h3-7H,1-2H3,(H2,16,19)(H,18,20). The van der Waals surface area contributed by atoms with E-state index in [2.05, 4.69) is 15.4 Å². The highest BCUT2D eigenvalue weighted by Gasteiger charge is 2.19. The zero-order valence-corrected chi connectivity index (χ0v) is 11.7. The molecule has 0 radical (unpaired) electrons. The van der Waals surface area contributed by atoms with E-state index in [-0.39, 0.29) is 5.56 Å². The normalized spacial score (nSPS) is 10.8. The maximum Gasteiger partial charge on any atom is 0.264 e. The number of nitrogens with one attached hydrogen (secondary N) is 1. The molecule has 0 aliphatic heterocycles. The minimum Gasteiger partial charge on any atom is -0.380 e. The van der Waals surface area contributed by atoms with Crippen molar-refractivity contribution in [1.82, 2.24) is 15.4 Å². The number of nitrogens with zero attached hydrogens (tertiary/aromatic N) is 2. The molecular weight excluding hydrogens is 268 g/mol. The SMILES string of the molecule is Cc1ccc(-c2c(N)noc2-c2ccc(=O)[nH]n2)cc1C. The van der Waals surface area contributed by atoms with Crippen molar-refractivity contribution < 1.29 is 4.52 Å². The maximum atomic E-state index is 11.1. The van der Waals surface area contributed by atoms with Crippen LogP contribution in [0.1, 0.15) is 11.1 Å². The molecule has 6 heteroatoms. The predicted octanol–water partition coefficient (Wildman–Crippen LogP) is 2.29. The van der Waals surface area contributed by atoms with Gasteiger partial charge in [-0.2, -0.15) is 5.10 Å². The first-order valence-electron chi connectivity index (χ1n) is 6.45. The number of nitrogens with two attached hydrogens (primary N) is 1. The molecule has 0 bridgehead atoms. The number of hydrogen-bond donors (Lipinski definition) is 2. The van der Waals surface area contributed by atoms with Gasteiger partial charge in [-0.05, 0) is 36.6 Å². The zero-order chi connectivity index (χ0) is 15.0. The molecule has 0 spiro atoms. The molecule has 3 rings (SSSR count). The van der Waals surface area contributed by atoms with Crippen molar-refractivity contribution in [2.75, 3.05) is 5.73 Å². The van der Waals surface area contributed by atoms with Gasteiger partial charge >= 0.3 is 0 Å². The van der Waals surface area contributed by atoms with Gasteiger partial charge < -0.3 is 10.3 Å². The fourth-order valence-electron chi connectivity index (χ4n) is 2.12. The molecule has 0 unspecified atom stereocenters. The summed E-state index contributed by atoms with van der Waals surface area (Å²) in [5, 5.41) is 10.1. The van der Waals surface area contributed by atoms with Crippen molar-refractivity contribution in [3.05, 3.63) is 51.8 Å². The van der Waals surface area contributed by atoms with Gasteiger partial charge in [0.05, 0.1) is 5.56 Å². The summed E-state index contributed by atoms with van der Waals surface area (Å²) in [4.78, 5) is 11.1. The molecular formula is C15H14N4O2. The first kappa shape index (κ1) is 13.1. The summed E-state index contributed by atoms with van der Waals surface area (Å²) < 4.78 is 5.29. The molecule has 1 aromatic carbocycles. The molecule has 3 aromatic rings. The number of nitrogen functional groups attached to an aromatic ring is 1. The molecule has 0 fully saturated rings. The summed E-state index contributed by atoms with van der Waals surface area (Å²) in [6.07, 6.45) is 0. The Labute approximate surface area is 120 Å². The number of H-pyrrole nitrogens is 1. The molecule has 0 aliphatic carbocycles. The first-order valence-corrected chi connectivity index (χ1v) is 6.45. The zero-order valence-electron chi connectivity index (χ0n) is 11.7. The molecule has 0 saturated heterocycles. The van der Waals surface area contributed by atoms with Crippen molar-refractivity contribution in [1.29, 1.82) is 0 Å². The van der Waals surface area contributed by atoms with Gasteiger partial charge in [-0.1, -0.05) is 23.4 Å². The summed E-state index contributed by atoms with van der Waals surface area (Å²) in [6, 6.07) is 8.95. The van der Waals surface area contributed by atoms with Crippen molar-refractivity contribution in [2.24, 2.45) is 0 Å². The van der Waals surface area contributed by atoms with Crippen molar-refractivity contribution >= 4 is 5.82 Å². The maximum absolute atomic E-state index is 11.1. The van der Waals surface area contributed by atoms with Crippen LogP contribution in [0.5, 0.6) is 0 Å². The van der Waals surface area contributed by atoms with Gasteiger partial charge in [0.1, 0.15) is 5.69 Å². The van der Waals surface area contributed by atoms with Crippen LogP contribution in [0.15, 0.2) is 39.6 Å². The van der Waals surface area contributed by atoms with Crippen LogP contribution in [-0.4, -0.2) is 15.4 Å². The van der Waals surface area contributed by atoms with E-state index in [1.165, 1.54) is 11.6 Å². The number of aromatic amines is 1. The van der Waals surface area contributed by atoms with Crippen LogP contribution >= 0.6 is 0 Å². The van der Waals surface area contributed by atoms with E-state index in [4.69, 9.17) is 10.3 Å². The van der Waals surface area contributed by atoms with E-state index >= 15 is 0 Å². The topological polar surface area (TPSA) is 97.8 Å². The van der Waals surface area contributed by atoms with Crippen LogP contribution < -0.4 is 11.3 Å². The average Bonchev–Trinajstić information content (AvgIpc) is 2.85. The largest absolute Gasteiger partial charge is 0.380 e. The molecule has 2 aromatic heterocycles. The molecule has 0 amide bonds. The molecule has 0 aliphatic rings. The van der Waals surface area contributed by atoms with E-state index in [0.717, 1.165) is 11.1 Å². The third kappa shape index (κ3) is 2.31.